The minimum absolute atomic E-state index is 0.956. The van der Waals surface area contributed by atoms with Gasteiger partial charge in [-0.2, -0.15) is 0 Å². The fourth-order valence-corrected chi connectivity index (χ4v) is 5.31. The van der Waals surface area contributed by atoms with Crippen LogP contribution in [-0.4, -0.2) is 0 Å². The summed E-state index contributed by atoms with van der Waals surface area (Å²) in [6.45, 7) is 0. The molecule has 4 aromatic carbocycles. The molecule has 0 saturated carbocycles. The third-order valence-corrected chi connectivity index (χ3v) is 6.89. The van der Waals surface area contributed by atoms with Crippen LogP contribution in [0.25, 0.3) is 11.1 Å². The van der Waals surface area contributed by atoms with E-state index in [2.05, 4.69) is 109 Å². The Kier molecular flexibility index (Phi) is 6.54. The molecule has 0 spiro atoms. The maximum Gasteiger partial charge on any atom is 0.0296 e. The third kappa shape index (κ3) is 4.89. The average Bonchev–Trinajstić information content (AvgIpc) is 2.78. The van der Waals surface area contributed by atoms with Crippen molar-refractivity contribution < 1.29 is 0 Å². The monoisotopic (exact) mass is 397 g/mol. The Morgan fingerprint density at radius 3 is 1.71 bits per heavy atom. The summed E-state index contributed by atoms with van der Waals surface area (Å²) >= 11 is 3.81. The molecule has 0 bridgehead atoms. The largest absolute Gasteiger partial charge is 0.120 e. The summed E-state index contributed by atoms with van der Waals surface area (Å²) in [4.78, 5) is 2.64. The Hall–Kier alpha value is -2.42. The molecule has 2 heteroatoms. The zero-order valence-electron chi connectivity index (χ0n) is 15.5. The lowest BCUT2D eigenvalue weighted by Gasteiger charge is -2.14. The second-order valence-electron chi connectivity index (χ2n) is 6.46. The lowest BCUT2D eigenvalue weighted by molar-refractivity contribution is 1.23. The van der Waals surface area contributed by atoms with Crippen molar-refractivity contribution >= 4 is 23.5 Å². The molecule has 4 rings (SSSR count). The van der Waals surface area contributed by atoms with Gasteiger partial charge in [-0.1, -0.05) is 97.1 Å². The molecule has 137 valence electrons. The van der Waals surface area contributed by atoms with Crippen molar-refractivity contribution in [3.63, 3.8) is 0 Å². The van der Waals surface area contributed by atoms with Crippen molar-refractivity contribution in [2.75, 3.05) is 0 Å². The van der Waals surface area contributed by atoms with Crippen LogP contribution in [0.5, 0.6) is 0 Å². The van der Waals surface area contributed by atoms with Crippen molar-refractivity contribution in [2.24, 2.45) is 0 Å². The first kappa shape index (κ1) is 18.9. The highest BCUT2D eigenvalue weighted by Crippen LogP contribution is 2.40. The van der Waals surface area contributed by atoms with Crippen molar-refractivity contribution in [3.05, 3.63) is 120 Å². The Balaban J connectivity index is 1.64. The van der Waals surface area contributed by atoms with Gasteiger partial charge >= 0.3 is 0 Å². The summed E-state index contributed by atoms with van der Waals surface area (Å²) in [6, 6.07) is 39.7. The molecule has 4 aromatic rings. The standard InChI is InChI=1S/C26H21S2/c1-4-11-21(12-5-1)19-27-25-18-10-17-24(23-15-8-3-9-16-23)26(25)28-20-22-13-6-2-7-14-22/h1-16,18H,19-20H2. The van der Waals surface area contributed by atoms with E-state index in [0.717, 1.165) is 11.5 Å². The molecule has 0 aliphatic rings. The summed E-state index contributed by atoms with van der Waals surface area (Å²) in [7, 11) is 0. The van der Waals surface area contributed by atoms with Gasteiger partial charge in [0.15, 0.2) is 0 Å². The van der Waals surface area contributed by atoms with E-state index >= 15 is 0 Å². The van der Waals surface area contributed by atoms with E-state index in [-0.39, 0.29) is 0 Å². The zero-order chi connectivity index (χ0) is 19.0. The summed E-state index contributed by atoms with van der Waals surface area (Å²) in [5, 5.41) is 0. The third-order valence-electron chi connectivity index (χ3n) is 4.44. The Labute approximate surface area is 176 Å². The Bertz CT molecular complexity index is 996. The minimum atomic E-state index is 0.956. The predicted octanol–water partition coefficient (Wildman–Crippen LogP) is 7.74. The van der Waals surface area contributed by atoms with E-state index in [1.165, 1.54) is 32.0 Å². The van der Waals surface area contributed by atoms with Crippen LogP contribution >= 0.6 is 23.5 Å². The van der Waals surface area contributed by atoms with Crippen molar-refractivity contribution in [2.45, 2.75) is 21.3 Å². The molecule has 0 aliphatic heterocycles. The van der Waals surface area contributed by atoms with E-state index in [9.17, 15) is 0 Å². The number of benzene rings is 4. The summed E-state index contributed by atoms with van der Waals surface area (Å²) in [5.74, 6) is 1.93. The van der Waals surface area contributed by atoms with Crippen molar-refractivity contribution in [1.29, 1.82) is 0 Å². The van der Waals surface area contributed by atoms with E-state index in [0.29, 0.717) is 0 Å². The van der Waals surface area contributed by atoms with Crippen LogP contribution < -0.4 is 0 Å². The maximum atomic E-state index is 3.49. The lowest BCUT2D eigenvalue weighted by atomic mass is 10.1. The minimum Gasteiger partial charge on any atom is -0.120 e. The number of hydrogen-bond donors (Lipinski definition) is 0. The van der Waals surface area contributed by atoms with Gasteiger partial charge in [-0.05, 0) is 28.8 Å². The molecule has 0 aromatic heterocycles. The Morgan fingerprint density at radius 2 is 1.11 bits per heavy atom. The van der Waals surface area contributed by atoms with Gasteiger partial charge in [0.2, 0.25) is 0 Å². The van der Waals surface area contributed by atoms with E-state index in [4.69, 9.17) is 0 Å². The van der Waals surface area contributed by atoms with Gasteiger partial charge in [0.25, 0.3) is 0 Å². The highest BCUT2D eigenvalue weighted by atomic mass is 32.2. The normalized spacial score (nSPS) is 10.7. The van der Waals surface area contributed by atoms with Gasteiger partial charge in [-0.3, -0.25) is 0 Å². The fourth-order valence-electron chi connectivity index (χ4n) is 3.01. The zero-order valence-corrected chi connectivity index (χ0v) is 17.2. The van der Waals surface area contributed by atoms with Crippen LogP contribution in [0.15, 0.2) is 113 Å². The molecule has 0 nitrogen and oxygen atoms in total. The molecule has 0 aliphatic carbocycles. The quantitative estimate of drug-likeness (QED) is 0.293. The van der Waals surface area contributed by atoms with Crippen LogP contribution in [0.3, 0.4) is 0 Å². The molecule has 0 N–H and O–H groups in total. The fraction of sp³-hybridized carbons (Fsp3) is 0.0769. The first-order chi connectivity index (χ1) is 13.9. The van der Waals surface area contributed by atoms with Crippen molar-refractivity contribution in [3.8, 4) is 11.1 Å². The van der Waals surface area contributed by atoms with Gasteiger partial charge in [-0.15, -0.1) is 23.5 Å². The highest BCUT2D eigenvalue weighted by molar-refractivity contribution is 8.01. The average molecular weight is 398 g/mol. The van der Waals surface area contributed by atoms with Crippen LogP contribution in [0.1, 0.15) is 11.1 Å². The summed E-state index contributed by atoms with van der Waals surface area (Å²) in [6.07, 6.45) is 0. The molecule has 1 radical (unpaired) electrons. The summed E-state index contributed by atoms with van der Waals surface area (Å²) < 4.78 is 0. The van der Waals surface area contributed by atoms with Crippen LogP contribution in [0.2, 0.25) is 0 Å². The second-order valence-corrected chi connectivity index (χ2v) is 8.46. The molecular formula is C26H21S2. The van der Waals surface area contributed by atoms with E-state index < -0.39 is 0 Å². The first-order valence-electron chi connectivity index (χ1n) is 9.34. The van der Waals surface area contributed by atoms with Gasteiger partial charge < -0.3 is 0 Å². The lowest BCUT2D eigenvalue weighted by Crippen LogP contribution is -1.89. The molecule has 0 unspecified atom stereocenters. The van der Waals surface area contributed by atoms with Crippen molar-refractivity contribution in [1.82, 2.24) is 0 Å². The van der Waals surface area contributed by atoms with Crippen LogP contribution in [-0.2, 0) is 11.5 Å². The number of hydrogen-bond acceptors (Lipinski definition) is 2. The SMILES string of the molecule is [c]1ccc(SCc2ccccc2)c(SCc2ccccc2)c1-c1ccccc1. The van der Waals surface area contributed by atoms with Crippen LogP contribution in [0, 0.1) is 6.07 Å². The predicted molar refractivity (Wildman–Crippen MR) is 123 cm³/mol. The topological polar surface area (TPSA) is 0 Å². The molecule has 0 fully saturated rings. The maximum absolute atomic E-state index is 3.49. The van der Waals surface area contributed by atoms with Gasteiger partial charge in [0, 0.05) is 26.9 Å². The molecule has 0 heterocycles. The molecule has 28 heavy (non-hydrogen) atoms. The van der Waals surface area contributed by atoms with Gasteiger partial charge in [0.1, 0.15) is 0 Å². The number of rotatable bonds is 7. The van der Waals surface area contributed by atoms with Crippen LogP contribution in [0.4, 0.5) is 0 Å². The molecular weight excluding hydrogens is 376 g/mol. The van der Waals surface area contributed by atoms with Gasteiger partial charge in [0.05, 0.1) is 0 Å². The molecule has 0 atom stereocenters. The van der Waals surface area contributed by atoms with E-state index in [1.807, 2.05) is 23.5 Å². The number of thioether (sulfide) groups is 2. The smallest absolute Gasteiger partial charge is 0.0296 e. The van der Waals surface area contributed by atoms with Gasteiger partial charge in [-0.25, -0.2) is 0 Å². The van der Waals surface area contributed by atoms with E-state index in [1.54, 1.807) is 0 Å². The summed E-state index contributed by atoms with van der Waals surface area (Å²) in [5.41, 5.74) is 5.11. The second kappa shape index (κ2) is 9.68. The molecule has 0 amide bonds. The Morgan fingerprint density at radius 1 is 0.571 bits per heavy atom. The molecule has 0 saturated heterocycles. The highest BCUT2D eigenvalue weighted by Gasteiger charge is 2.12. The first-order valence-corrected chi connectivity index (χ1v) is 11.3.